The molecule has 1 aliphatic heterocycles. The summed E-state index contributed by atoms with van der Waals surface area (Å²) in [6, 6.07) is 0.760. The van der Waals surface area contributed by atoms with Crippen molar-refractivity contribution in [1.29, 1.82) is 0 Å². The van der Waals surface area contributed by atoms with E-state index in [1.54, 1.807) is 0 Å². The fourth-order valence-corrected chi connectivity index (χ4v) is 1.73. The van der Waals surface area contributed by atoms with Crippen molar-refractivity contribution < 1.29 is 22.7 Å². The smallest absolute Gasteiger partial charge is 0.381 e. The molecule has 0 radical (unpaired) electrons. The van der Waals surface area contributed by atoms with E-state index >= 15 is 0 Å². The maximum Gasteiger partial charge on any atom is 0.417 e. The Bertz CT molecular complexity index is 521. The molecule has 1 aromatic heterocycles. The van der Waals surface area contributed by atoms with E-state index in [9.17, 15) is 18.0 Å². The van der Waals surface area contributed by atoms with Crippen LogP contribution in [0, 0.1) is 0 Å². The number of carbonyl (C=O) groups excluding carboxylic acids is 1. The van der Waals surface area contributed by atoms with Crippen LogP contribution in [0.1, 0.15) is 28.8 Å². The number of rotatable bonds is 2. The van der Waals surface area contributed by atoms with Crippen molar-refractivity contribution in [3.8, 4) is 0 Å². The third-order valence-corrected chi connectivity index (χ3v) is 2.76. The third-order valence-electron chi connectivity index (χ3n) is 2.76. The molecule has 1 N–H and O–H groups in total. The maximum atomic E-state index is 12.7. The van der Waals surface area contributed by atoms with Crippen molar-refractivity contribution in [1.82, 2.24) is 10.4 Å². The molecule has 2 heterocycles. The average molecular weight is 287 g/mol. The number of nitrogens with zero attached hydrogens (tertiary/aromatic N) is 2. The van der Waals surface area contributed by atoms with Crippen LogP contribution in [0.4, 0.5) is 13.2 Å². The Morgan fingerprint density at radius 2 is 2.05 bits per heavy atom. The van der Waals surface area contributed by atoms with E-state index < -0.39 is 23.2 Å². The van der Waals surface area contributed by atoms with Gasteiger partial charge in [-0.3, -0.25) is 9.78 Å². The normalized spacial score (nSPS) is 15.8. The van der Waals surface area contributed by atoms with E-state index in [2.05, 4.69) is 15.5 Å². The summed E-state index contributed by atoms with van der Waals surface area (Å²) in [7, 11) is 0. The van der Waals surface area contributed by atoms with E-state index in [4.69, 9.17) is 4.74 Å². The predicted molar refractivity (Wildman–Crippen MR) is 64.2 cm³/mol. The van der Waals surface area contributed by atoms with Crippen LogP contribution in [0.3, 0.4) is 0 Å². The molecule has 0 saturated carbocycles. The molecular formula is C12H12F3N3O2. The fourth-order valence-electron chi connectivity index (χ4n) is 1.73. The van der Waals surface area contributed by atoms with Crippen LogP contribution in [0.25, 0.3) is 0 Å². The Labute approximate surface area is 112 Å². The zero-order valence-corrected chi connectivity index (χ0v) is 10.4. The van der Waals surface area contributed by atoms with Gasteiger partial charge in [-0.25, -0.2) is 5.43 Å². The molecule has 5 nitrogen and oxygen atoms in total. The summed E-state index contributed by atoms with van der Waals surface area (Å²) in [6.45, 7) is 0.991. The highest BCUT2D eigenvalue weighted by Crippen LogP contribution is 2.31. The lowest BCUT2D eigenvalue weighted by atomic mass is 10.1. The largest absolute Gasteiger partial charge is 0.417 e. The van der Waals surface area contributed by atoms with Crippen molar-refractivity contribution in [2.75, 3.05) is 13.2 Å². The predicted octanol–water partition coefficient (Wildman–Crippen LogP) is 2.00. The molecule has 0 spiro atoms. The molecule has 1 aromatic rings. The number of aromatic nitrogens is 1. The Balaban J connectivity index is 2.13. The van der Waals surface area contributed by atoms with Crippen molar-refractivity contribution >= 4 is 11.6 Å². The van der Waals surface area contributed by atoms with E-state index in [-0.39, 0.29) is 0 Å². The summed E-state index contributed by atoms with van der Waals surface area (Å²) in [5, 5.41) is 3.82. The van der Waals surface area contributed by atoms with Crippen LogP contribution in [0.15, 0.2) is 23.6 Å². The Morgan fingerprint density at radius 1 is 1.35 bits per heavy atom. The number of amides is 1. The van der Waals surface area contributed by atoms with Gasteiger partial charge >= 0.3 is 6.18 Å². The monoisotopic (exact) mass is 287 g/mol. The topological polar surface area (TPSA) is 63.6 Å². The zero-order chi connectivity index (χ0) is 14.6. The molecule has 2 rings (SSSR count). The second kappa shape index (κ2) is 6.00. The Kier molecular flexibility index (Phi) is 4.33. The Morgan fingerprint density at radius 3 is 2.70 bits per heavy atom. The summed E-state index contributed by atoms with van der Waals surface area (Å²) >= 11 is 0. The van der Waals surface area contributed by atoms with Gasteiger partial charge < -0.3 is 4.74 Å². The maximum absolute atomic E-state index is 12.7. The lowest BCUT2D eigenvalue weighted by Gasteiger charge is -2.14. The first kappa shape index (κ1) is 14.4. The summed E-state index contributed by atoms with van der Waals surface area (Å²) < 4.78 is 43.3. The third kappa shape index (κ3) is 3.53. The summed E-state index contributed by atoms with van der Waals surface area (Å²) in [6.07, 6.45) is -1.63. The molecule has 108 valence electrons. The van der Waals surface area contributed by atoms with Crippen molar-refractivity contribution in [3.63, 3.8) is 0 Å². The van der Waals surface area contributed by atoms with Gasteiger partial charge in [0.2, 0.25) is 0 Å². The van der Waals surface area contributed by atoms with E-state index in [1.807, 2.05) is 0 Å². The van der Waals surface area contributed by atoms with Crippen LogP contribution in [0.2, 0.25) is 0 Å². The van der Waals surface area contributed by atoms with Crippen LogP contribution >= 0.6 is 0 Å². The van der Waals surface area contributed by atoms with E-state index in [0.29, 0.717) is 31.8 Å². The minimum Gasteiger partial charge on any atom is -0.381 e. The SMILES string of the molecule is O=C(NN=C1CCOCC1)c1cnccc1C(F)(F)F. The van der Waals surface area contributed by atoms with E-state index in [0.717, 1.165) is 18.5 Å². The average Bonchev–Trinajstić information content (AvgIpc) is 2.45. The van der Waals surface area contributed by atoms with Crippen LogP contribution < -0.4 is 5.43 Å². The molecule has 0 unspecified atom stereocenters. The van der Waals surface area contributed by atoms with Crippen molar-refractivity contribution in [2.45, 2.75) is 19.0 Å². The first-order valence-electron chi connectivity index (χ1n) is 5.93. The first-order valence-corrected chi connectivity index (χ1v) is 5.93. The van der Waals surface area contributed by atoms with Gasteiger partial charge in [-0.15, -0.1) is 0 Å². The lowest BCUT2D eigenvalue weighted by Crippen LogP contribution is -2.25. The van der Waals surface area contributed by atoms with Gasteiger partial charge in [0.15, 0.2) is 0 Å². The van der Waals surface area contributed by atoms with Crippen molar-refractivity contribution in [2.24, 2.45) is 5.10 Å². The molecule has 0 aromatic carbocycles. The summed E-state index contributed by atoms with van der Waals surface area (Å²) in [5.41, 5.74) is 1.26. The molecule has 20 heavy (non-hydrogen) atoms. The number of halogens is 3. The van der Waals surface area contributed by atoms with Gasteiger partial charge in [0.1, 0.15) is 0 Å². The molecule has 0 atom stereocenters. The number of carbonyl (C=O) groups is 1. The van der Waals surface area contributed by atoms with Crippen LogP contribution in [-0.4, -0.2) is 29.8 Å². The van der Waals surface area contributed by atoms with Crippen molar-refractivity contribution in [3.05, 3.63) is 29.6 Å². The second-order valence-corrected chi connectivity index (χ2v) is 4.15. The molecule has 0 aliphatic carbocycles. The molecule has 1 amide bonds. The molecule has 1 saturated heterocycles. The van der Waals surface area contributed by atoms with Crippen LogP contribution in [0.5, 0.6) is 0 Å². The lowest BCUT2D eigenvalue weighted by molar-refractivity contribution is -0.138. The first-order chi connectivity index (χ1) is 9.48. The van der Waals surface area contributed by atoms with Gasteiger partial charge in [-0.1, -0.05) is 0 Å². The molecule has 0 bridgehead atoms. The number of hydrogen-bond acceptors (Lipinski definition) is 4. The van der Waals surface area contributed by atoms with Gasteiger partial charge in [0.05, 0.1) is 24.3 Å². The highest BCUT2D eigenvalue weighted by atomic mass is 19.4. The molecule has 1 aliphatic rings. The number of hydrogen-bond donors (Lipinski definition) is 1. The minimum absolute atomic E-state index is 0.495. The second-order valence-electron chi connectivity index (χ2n) is 4.15. The quantitative estimate of drug-likeness (QED) is 0.846. The fraction of sp³-hybridized carbons (Fsp3) is 0.417. The van der Waals surface area contributed by atoms with Gasteiger partial charge in [0, 0.05) is 30.9 Å². The zero-order valence-electron chi connectivity index (χ0n) is 10.4. The number of alkyl halides is 3. The minimum atomic E-state index is -4.61. The number of ether oxygens (including phenoxy) is 1. The van der Waals surface area contributed by atoms with Gasteiger partial charge in [-0.2, -0.15) is 18.3 Å². The molecule has 8 heteroatoms. The molecule has 1 fully saturated rings. The number of hydrazone groups is 1. The van der Waals surface area contributed by atoms with Gasteiger partial charge in [-0.05, 0) is 6.07 Å². The van der Waals surface area contributed by atoms with Gasteiger partial charge in [0.25, 0.3) is 5.91 Å². The van der Waals surface area contributed by atoms with E-state index in [1.165, 1.54) is 0 Å². The number of nitrogens with one attached hydrogen (secondary N) is 1. The van der Waals surface area contributed by atoms with Crippen LogP contribution in [-0.2, 0) is 10.9 Å². The number of pyridine rings is 1. The highest BCUT2D eigenvalue weighted by Gasteiger charge is 2.35. The summed E-state index contributed by atoms with van der Waals surface area (Å²) in [5.74, 6) is -0.926. The highest BCUT2D eigenvalue weighted by molar-refractivity contribution is 5.96. The standard InChI is InChI=1S/C12H12F3N3O2/c13-12(14,15)10-1-4-16-7-9(10)11(19)18-17-8-2-5-20-6-3-8/h1,4,7H,2-3,5-6H2,(H,18,19). The summed E-state index contributed by atoms with van der Waals surface area (Å²) in [4.78, 5) is 15.3. The molecular weight excluding hydrogens is 275 g/mol. The Hall–Kier alpha value is -1.96.